The summed E-state index contributed by atoms with van der Waals surface area (Å²) in [7, 11) is -3.41. The molecule has 1 aromatic carbocycles. The van der Waals surface area contributed by atoms with Crippen molar-refractivity contribution in [3.05, 3.63) is 30.3 Å². The van der Waals surface area contributed by atoms with Crippen molar-refractivity contribution in [1.82, 2.24) is 5.32 Å². The number of amides is 2. The number of nitrogens with one attached hydrogen (secondary N) is 1. The van der Waals surface area contributed by atoms with E-state index >= 15 is 0 Å². The van der Waals surface area contributed by atoms with Gasteiger partial charge in [-0.1, -0.05) is 32.0 Å². The molecule has 1 aliphatic rings. The predicted molar refractivity (Wildman–Crippen MR) is 88.8 cm³/mol. The number of nitrogens with zero attached hydrogens (tertiary/aromatic N) is 1. The summed E-state index contributed by atoms with van der Waals surface area (Å²) >= 11 is 0. The van der Waals surface area contributed by atoms with Crippen LogP contribution in [-0.2, 0) is 19.4 Å². The van der Waals surface area contributed by atoms with Gasteiger partial charge >= 0.3 is 0 Å². The zero-order valence-electron chi connectivity index (χ0n) is 13.4. The zero-order chi connectivity index (χ0) is 17.0. The quantitative estimate of drug-likeness (QED) is 0.838. The van der Waals surface area contributed by atoms with Gasteiger partial charge in [-0.2, -0.15) is 0 Å². The number of sulfone groups is 1. The first-order valence-corrected chi connectivity index (χ1v) is 9.44. The maximum absolute atomic E-state index is 12.1. The Kier molecular flexibility index (Phi) is 5.41. The number of hydrogen-bond acceptors (Lipinski definition) is 4. The first-order valence-electron chi connectivity index (χ1n) is 7.62. The summed E-state index contributed by atoms with van der Waals surface area (Å²) in [6.07, 6.45) is 0.185. The number of para-hydroxylation sites is 1. The van der Waals surface area contributed by atoms with Crippen LogP contribution in [0.25, 0.3) is 0 Å². The molecule has 0 aromatic heterocycles. The number of hydrogen-bond donors (Lipinski definition) is 1. The summed E-state index contributed by atoms with van der Waals surface area (Å²) in [5, 5.41) is 2.66. The predicted octanol–water partition coefficient (Wildman–Crippen LogP) is 0.979. The number of rotatable bonds is 6. The third kappa shape index (κ3) is 5.06. The average molecular weight is 338 g/mol. The van der Waals surface area contributed by atoms with Gasteiger partial charge in [0.2, 0.25) is 11.8 Å². The Bertz CT molecular complexity index is 671. The van der Waals surface area contributed by atoms with Gasteiger partial charge in [0.15, 0.2) is 9.84 Å². The fourth-order valence-corrected chi connectivity index (χ4v) is 4.31. The molecule has 0 saturated carbocycles. The monoisotopic (exact) mass is 338 g/mol. The van der Waals surface area contributed by atoms with E-state index in [9.17, 15) is 18.0 Å². The SMILES string of the molecule is CC(C)CS(=O)(=O)CC(=O)N[C@H]1CC(=O)N(c2ccccc2)C1. The molecule has 126 valence electrons. The maximum Gasteiger partial charge on any atom is 0.235 e. The van der Waals surface area contributed by atoms with Crippen LogP contribution in [0.2, 0.25) is 0 Å². The van der Waals surface area contributed by atoms with Crippen molar-refractivity contribution in [3.63, 3.8) is 0 Å². The van der Waals surface area contributed by atoms with Gasteiger partial charge in [-0.25, -0.2) is 8.42 Å². The van der Waals surface area contributed by atoms with E-state index in [1.807, 2.05) is 30.3 Å². The molecule has 1 aliphatic heterocycles. The van der Waals surface area contributed by atoms with E-state index in [1.165, 1.54) is 0 Å². The standard InChI is InChI=1S/C16H22N2O4S/c1-12(2)10-23(21,22)11-15(19)17-13-8-16(20)18(9-13)14-6-4-3-5-7-14/h3-7,12-13H,8-11H2,1-2H3,(H,17,19)/t13-/m0/s1. The molecule has 1 aromatic rings. The van der Waals surface area contributed by atoms with Crippen LogP contribution in [0.1, 0.15) is 20.3 Å². The third-order valence-corrected chi connectivity index (χ3v) is 5.37. The lowest BCUT2D eigenvalue weighted by molar-refractivity contribution is -0.119. The van der Waals surface area contributed by atoms with Crippen LogP contribution in [0.5, 0.6) is 0 Å². The van der Waals surface area contributed by atoms with Crippen molar-refractivity contribution in [2.24, 2.45) is 5.92 Å². The van der Waals surface area contributed by atoms with E-state index in [1.54, 1.807) is 18.7 Å². The highest BCUT2D eigenvalue weighted by atomic mass is 32.2. The summed E-state index contributed by atoms with van der Waals surface area (Å²) in [4.78, 5) is 25.6. The zero-order valence-corrected chi connectivity index (χ0v) is 14.2. The molecule has 1 fully saturated rings. The van der Waals surface area contributed by atoms with Gasteiger partial charge in [-0.15, -0.1) is 0 Å². The molecule has 2 amide bonds. The molecule has 0 bridgehead atoms. The van der Waals surface area contributed by atoms with Gasteiger partial charge in [-0.05, 0) is 18.1 Å². The van der Waals surface area contributed by atoms with Gasteiger partial charge in [0, 0.05) is 18.7 Å². The third-order valence-electron chi connectivity index (χ3n) is 3.50. The molecule has 1 heterocycles. The number of benzene rings is 1. The smallest absolute Gasteiger partial charge is 0.235 e. The lowest BCUT2D eigenvalue weighted by Gasteiger charge is -2.17. The Morgan fingerprint density at radius 3 is 2.57 bits per heavy atom. The highest BCUT2D eigenvalue weighted by Crippen LogP contribution is 2.21. The van der Waals surface area contributed by atoms with E-state index < -0.39 is 21.5 Å². The van der Waals surface area contributed by atoms with Gasteiger partial charge in [-0.3, -0.25) is 9.59 Å². The molecule has 0 spiro atoms. The van der Waals surface area contributed by atoms with Crippen molar-refractivity contribution in [1.29, 1.82) is 0 Å². The van der Waals surface area contributed by atoms with Gasteiger partial charge in [0.1, 0.15) is 5.75 Å². The molecular weight excluding hydrogens is 316 g/mol. The highest BCUT2D eigenvalue weighted by molar-refractivity contribution is 7.92. The molecule has 1 N–H and O–H groups in total. The van der Waals surface area contributed by atoms with Crippen LogP contribution in [0.4, 0.5) is 5.69 Å². The lowest BCUT2D eigenvalue weighted by atomic mass is 10.2. The molecule has 7 heteroatoms. The average Bonchev–Trinajstić information content (AvgIpc) is 2.77. The molecule has 0 unspecified atom stereocenters. The molecule has 23 heavy (non-hydrogen) atoms. The van der Waals surface area contributed by atoms with Gasteiger partial charge in [0.25, 0.3) is 0 Å². The largest absolute Gasteiger partial charge is 0.350 e. The first kappa shape index (κ1) is 17.5. The summed E-state index contributed by atoms with van der Waals surface area (Å²) in [5.74, 6) is -1.18. The minimum absolute atomic E-state index is 0.0137. The fourth-order valence-electron chi connectivity index (χ4n) is 2.70. The van der Waals surface area contributed by atoms with E-state index in [0.717, 1.165) is 5.69 Å². The molecule has 0 radical (unpaired) electrons. The van der Waals surface area contributed by atoms with Crippen molar-refractivity contribution in [2.75, 3.05) is 23.0 Å². The molecule has 0 aliphatic carbocycles. The van der Waals surface area contributed by atoms with E-state index in [4.69, 9.17) is 0 Å². The van der Waals surface area contributed by atoms with Crippen molar-refractivity contribution in [2.45, 2.75) is 26.3 Å². The highest BCUT2D eigenvalue weighted by Gasteiger charge is 2.32. The normalized spacial score (nSPS) is 18.5. The van der Waals surface area contributed by atoms with Crippen LogP contribution < -0.4 is 10.2 Å². The molecule has 1 saturated heterocycles. The Labute approximate surface area is 136 Å². The van der Waals surface area contributed by atoms with Gasteiger partial charge in [0.05, 0.1) is 11.8 Å². The van der Waals surface area contributed by atoms with Crippen LogP contribution in [-0.4, -0.2) is 44.3 Å². The number of carbonyl (C=O) groups excluding carboxylic acids is 2. The Hall–Kier alpha value is -1.89. The maximum atomic E-state index is 12.1. The second-order valence-electron chi connectivity index (χ2n) is 6.26. The van der Waals surface area contributed by atoms with Crippen LogP contribution in [0, 0.1) is 5.92 Å². The first-order chi connectivity index (χ1) is 10.8. The Morgan fingerprint density at radius 1 is 1.30 bits per heavy atom. The van der Waals surface area contributed by atoms with Gasteiger partial charge < -0.3 is 10.2 Å². The number of carbonyl (C=O) groups is 2. The van der Waals surface area contributed by atoms with Crippen molar-refractivity contribution < 1.29 is 18.0 Å². The minimum Gasteiger partial charge on any atom is -0.350 e. The summed E-state index contributed by atoms with van der Waals surface area (Å²) in [6, 6.07) is 8.84. The Morgan fingerprint density at radius 2 is 1.96 bits per heavy atom. The van der Waals surface area contributed by atoms with Crippen molar-refractivity contribution in [3.8, 4) is 0 Å². The summed E-state index contributed by atoms with van der Waals surface area (Å²) in [6.45, 7) is 3.95. The number of anilines is 1. The lowest BCUT2D eigenvalue weighted by Crippen LogP contribution is -2.40. The van der Waals surface area contributed by atoms with Crippen LogP contribution in [0.15, 0.2) is 30.3 Å². The summed E-state index contributed by atoms with van der Waals surface area (Å²) in [5.41, 5.74) is 0.779. The van der Waals surface area contributed by atoms with E-state index in [-0.39, 0.29) is 30.0 Å². The van der Waals surface area contributed by atoms with E-state index in [2.05, 4.69) is 5.32 Å². The topological polar surface area (TPSA) is 83.5 Å². The second kappa shape index (κ2) is 7.12. The molecular formula is C16H22N2O4S. The second-order valence-corrected chi connectivity index (χ2v) is 8.37. The fraction of sp³-hybridized carbons (Fsp3) is 0.500. The Balaban J connectivity index is 1.92. The van der Waals surface area contributed by atoms with Crippen LogP contribution in [0.3, 0.4) is 0 Å². The van der Waals surface area contributed by atoms with Crippen molar-refractivity contribution >= 4 is 27.3 Å². The molecule has 1 atom stereocenters. The summed E-state index contributed by atoms with van der Waals surface area (Å²) < 4.78 is 23.7. The molecule has 6 nitrogen and oxygen atoms in total. The minimum atomic E-state index is -3.41. The molecule has 2 rings (SSSR count). The van der Waals surface area contributed by atoms with Crippen LogP contribution >= 0.6 is 0 Å². The van der Waals surface area contributed by atoms with E-state index in [0.29, 0.717) is 6.54 Å².